The molecule has 1 aliphatic heterocycles. The van der Waals surface area contributed by atoms with Crippen LogP contribution in [0.15, 0.2) is 78.9 Å². The molecule has 1 heterocycles. The minimum atomic E-state index is -0.946. The van der Waals surface area contributed by atoms with Gasteiger partial charge in [-0.2, -0.15) is 0 Å². The topological polar surface area (TPSA) is 128 Å². The Kier molecular flexibility index (Phi) is 10.7. The summed E-state index contributed by atoms with van der Waals surface area (Å²) in [6, 6.07) is 23.4. The Labute approximate surface area is 264 Å². The van der Waals surface area contributed by atoms with E-state index in [1.54, 1.807) is 25.1 Å². The normalized spacial score (nSPS) is 17.6. The number of β-amino-alcohol motifs (C(OH)–C–C–N with tert-alkyl or cyclic N) is 1. The van der Waals surface area contributed by atoms with Gasteiger partial charge in [-0.15, -0.1) is 0 Å². The highest BCUT2D eigenvalue weighted by atomic mass is 16.5. The fraction of sp³-hybridized carbons (Fsp3) is 0.371. The summed E-state index contributed by atoms with van der Waals surface area (Å²) in [5.41, 5.74) is 1.35. The van der Waals surface area contributed by atoms with Gasteiger partial charge in [0.05, 0.1) is 17.7 Å². The maximum atomic E-state index is 14.1. The molecule has 3 amide bonds. The molecule has 1 fully saturated rings. The molecule has 1 saturated heterocycles. The highest BCUT2D eigenvalue weighted by Crippen LogP contribution is 2.40. The molecule has 10 heteroatoms. The molecule has 3 aromatic carbocycles. The highest BCUT2D eigenvalue weighted by molar-refractivity contribution is 5.99. The van der Waals surface area contributed by atoms with Gasteiger partial charge in [-0.3, -0.25) is 24.1 Å². The first-order valence-corrected chi connectivity index (χ1v) is 15.1. The van der Waals surface area contributed by atoms with Gasteiger partial charge in [0.15, 0.2) is 0 Å². The fourth-order valence-corrected chi connectivity index (χ4v) is 6.14. The lowest BCUT2D eigenvalue weighted by Gasteiger charge is -2.44. The zero-order valence-electron chi connectivity index (χ0n) is 26.4. The SMILES string of the molecule is CC(=O)Nc1ccc(C(=O)N[C@H]2CCN(C(C)CC(C(=O)N(C)C)(c3ccccc3)c3ccccc3)C[C@@H]2O)c(OC(C)=O)c1. The number of likely N-dealkylation sites (N-methyl/N-ethyl adjacent to an activating group) is 1. The number of nitrogens with one attached hydrogen (secondary N) is 2. The summed E-state index contributed by atoms with van der Waals surface area (Å²) in [5, 5.41) is 16.7. The van der Waals surface area contributed by atoms with Gasteiger partial charge < -0.3 is 25.4 Å². The van der Waals surface area contributed by atoms with Crippen LogP contribution in [0.2, 0.25) is 0 Å². The minimum absolute atomic E-state index is 0.00974. The molecule has 10 nitrogen and oxygen atoms in total. The van der Waals surface area contributed by atoms with E-state index in [1.165, 1.54) is 26.0 Å². The molecule has 0 spiro atoms. The Morgan fingerprint density at radius 3 is 2.09 bits per heavy atom. The number of likely N-dealkylation sites (tertiary alicyclic amines) is 1. The molecule has 0 radical (unpaired) electrons. The van der Waals surface area contributed by atoms with E-state index in [4.69, 9.17) is 4.74 Å². The van der Waals surface area contributed by atoms with Crippen LogP contribution in [-0.2, 0) is 19.8 Å². The molecule has 45 heavy (non-hydrogen) atoms. The van der Waals surface area contributed by atoms with Crippen molar-refractivity contribution >= 4 is 29.4 Å². The number of benzene rings is 3. The van der Waals surface area contributed by atoms with Crippen LogP contribution in [0.4, 0.5) is 5.69 Å². The summed E-state index contributed by atoms with van der Waals surface area (Å²) < 4.78 is 5.26. The van der Waals surface area contributed by atoms with Crippen LogP contribution in [0, 0.1) is 0 Å². The van der Waals surface area contributed by atoms with E-state index in [-0.39, 0.29) is 29.2 Å². The van der Waals surface area contributed by atoms with Crippen LogP contribution in [0.25, 0.3) is 0 Å². The first-order chi connectivity index (χ1) is 21.4. The van der Waals surface area contributed by atoms with E-state index in [9.17, 15) is 24.3 Å². The summed E-state index contributed by atoms with van der Waals surface area (Å²) in [6.45, 7) is 5.52. The molecule has 0 aromatic heterocycles. The molecule has 0 bridgehead atoms. The quantitative estimate of drug-likeness (QED) is 0.235. The lowest BCUT2D eigenvalue weighted by molar-refractivity contribution is -0.134. The number of hydrogen-bond donors (Lipinski definition) is 3. The summed E-state index contributed by atoms with van der Waals surface area (Å²) in [7, 11) is 3.54. The fourth-order valence-electron chi connectivity index (χ4n) is 6.14. The summed E-state index contributed by atoms with van der Waals surface area (Å²) >= 11 is 0. The zero-order chi connectivity index (χ0) is 32.7. The van der Waals surface area contributed by atoms with Crippen molar-refractivity contribution in [1.82, 2.24) is 15.1 Å². The average molecular weight is 615 g/mol. The molecular formula is C35H42N4O6. The lowest BCUT2D eigenvalue weighted by Crippen LogP contribution is -2.57. The summed E-state index contributed by atoms with van der Waals surface area (Å²) in [5.74, 6) is -1.44. The van der Waals surface area contributed by atoms with Crippen LogP contribution in [0.1, 0.15) is 55.1 Å². The van der Waals surface area contributed by atoms with Gasteiger partial charge in [0.1, 0.15) is 11.2 Å². The maximum Gasteiger partial charge on any atom is 0.308 e. The number of amides is 3. The number of nitrogens with zero attached hydrogens (tertiary/aromatic N) is 2. The minimum Gasteiger partial charge on any atom is -0.426 e. The molecule has 0 saturated carbocycles. The molecule has 4 rings (SSSR count). The number of carbonyl (C=O) groups is 4. The van der Waals surface area contributed by atoms with E-state index in [2.05, 4.69) is 22.5 Å². The third kappa shape index (κ3) is 7.76. The number of anilines is 1. The number of hydrogen-bond acceptors (Lipinski definition) is 7. The van der Waals surface area contributed by atoms with Crippen molar-refractivity contribution < 1.29 is 29.0 Å². The number of esters is 1. The predicted octanol–water partition coefficient (Wildman–Crippen LogP) is 3.59. The van der Waals surface area contributed by atoms with Gasteiger partial charge in [-0.05, 0) is 43.0 Å². The van der Waals surface area contributed by atoms with E-state index in [0.717, 1.165) is 11.1 Å². The van der Waals surface area contributed by atoms with Crippen LogP contribution in [0.3, 0.4) is 0 Å². The van der Waals surface area contributed by atoms with Crippen molar-refractivity contribution in [2.24, 2.45) is 0 Å². The van der Waals surface area contributed by atoms with Crippen molar-refractivity contribution in [3.05, 3.63) is 95.6 Å². The van der Waals surface area contributed by atoms with E-state index in [0.29, 0.717) is 31.6 Å². The Balaban J connectivity index is 1.52. The van der Waals surface area contributed by atoms with E-state index < -0.39 is 29.4 Å². The molecular weight excluding hydrogens is 572 g/mol. The van der Waals surface area contributed by atoms with Crippen LogP contribution in [0.5, 0.6) is 5.75 Å². The van der Waals surface area contributed by atoms with Crippen molar-refractivity contribution in [2.75, 3.05) is 32.5 Å². The molecule has 1 aliphatic rings. The molecule has 3 N–H and O–H groups in total. The van der Waals surface area contributed by atoms with Gasteiger partial charge in [0, 0.05) is 58.8 Å². The standard InChI is InChI=1S/C35H42N4O6/c1-23(21-35(34(44)38(4)5,26-12-8-6-9-13-26)27-14-10-7-11-15-27)39-19-18-30(31(42)22-39)37-33(43)29-17-16-28(36-24(2)40)20-32(29)45-25(3)41/h6-17,20,23,30-31,42H,18-19,21-22H2,1-5H3,(H,36,40)(H,37,43)/t23?,30-,31-/m0/s1. The monoisotopic (exact) mass is 614 g/mol. The molecule has 238 valence electrons. The third-order valence-electron chi connectivity index (χ3n) is 8.26. The second kappa shape index (κ2) is 14.5. The van der Waals surface area contributed by atoms with Crippen molar-refractivity contribution in [2.45, 2.75) is 57.2 Å². The van der Waals surface area contributed by atoms with Crippen LogP contribution < -0.4 is 15.4 Å². The first-order valence-electron chi connectivity index (χ1n) is 15.1. The summed E-state index contributed by atoms with van der Waals surface area (Å²) in [6.07, 6.45) is 0.0669. The largest absolute Gasteiger partial charge is 0.426 e. The van der Waals surface area contributed by atoms with Crippen molar-refractivity contribution in [3.8, 4) is 5.75 Å². The molecule has 3 aromatic rings. The number of carbonyl (C=O) groups excluding carboxylic acids is 4. The zero-order valence-corrected chi connectivity index (χ0v) is 26.4. The number of aliphatic hydroxyl groups is 1. The first kappa shape index (κ1) is 33.4. The second-order valence-electron chi connectivity index (χ2n) is 11.8. The predicted molar refractivity (Wildman–Crippen MR) is 172 cm³/mol. The van der Waals surface area contributed by atoms with Gasteiger partial charge in [0.2, 0.25) is 11.8 Å². The van der Waals surface area contributed by atoms with Gasteiger partial charge in [0.25, 0.3) is 5.91 Å². The average Bonchev–Trinajstić information content (AvgIpc) is 3.00. The van der Waals surface area contributed by atoms with Gasteiger partial charge in [-0.1, -0.05) is 60.7 Å². The smallest absolute Gasteiger partial charge is 0.308 e. The Morgan fingerprint density at radius 1 is 0.978 bits per heavy atom. The number of aliphatic hydroxyl groups excluding tert-OH is 1. The number of rotatable bonds is 10. The summed E-state index contributed by atoms with van der Waals surface area (Å²) in [4.78, 5) is 54.4. The number of piperidine rings is 1. The molecule has 3 atom stereocenters. The maximum absolute atomic E-state index is 14.1. The van der Waals surface area contributed by atoms with Crippen molar-refractivity contribution in [3.63, 3.8) is 0 Å². The van der Waals surface area contributed by atoms with Crippen LogP contribution in [-0.4, -0.2) is 84.0 Å². The second-order valence-corrected chi connectivity index (χ2v) is 11.8. The van der Waals surface area contributed by atoms with Crippen LogP contribution >= 0.6 is 0 Å². The Morgan fingerprint density at radius 2 is 1.58 bits per heavy atom. The molecule has 0 aliphatic carbocycles. The highest BCUT2D eigenvalue weighted by Gasteiger charge is 2.45. The van der Waals surface area contributed by atoms with Crippen molar-refractivity contribution in [1.29, 1.82) is 0 Å². The van der Waals surface area contributed by atoms with E-state index >= 15 is 0 Å². The van der Waals surface area contributed by atoms with Gasteiger partial charge in [-0.25, -0.2) is 0 Å². The lowest BCUT2D eigenvalue weighted by atomic mass is 9.69. The van der Waals surface area contributed by atoms with Gasteiger partial charge >= 0.3 is 5.97 Å². The third-order valence-corrected chi connectivity index (χ3v) is 8.26. The molecule has 1 unspecified atom stereocenters. The van der Waals surface area contributed by atoms with E-state index in [1.807, 2.05) is 60.7 Å². The Bertz CT molecular complexity index is 1470. The number of ether oxygens (including phenoxy) is 1. The Hall–Kier alpha value is -4.54.